The number of rotatable bonds is 8. The Bertz CT molecular complexity index is 1310. The fourth-order valence-electron chi connectivity index (χ4n) is 4.38. The third-order valence-electron chi connectivity index (χ3n) is 6.06. The van der Waals surface area contributed by atoms with Crippen LogP contribution in [-0.2, 0) is 16.1 Å². The Labute approximate surface area is 208 Å². The average molecular weight is 490 g/mol. The Morgan fingerprint density at radius 2 is 1.89 bits per heavy atom. The number of nitrogens with two attached hydrogens (primary N) is 2. The number of benzene rings is 2. The molecule has 0 radical (unpaired) electrons. The molecule has 0 spiro atoms. The van der Waals surface area contributed by atoms with Gasteiger partial charge in [-0.15, -0.1) is 0 Å². The smallest absolute Gasteiger partial charge is 0.315 e. The topological polar surface area (TPSA) is 163 Å². The van der Waals surface area contributed by atoms with Gasteiger partial charge in [0.15, 0.2) is 5.82 Å². The normalized spacial score (nSPS) is 16.8. The highest BCUT2D eigenvalue weighted by Gasteiger charge is 2.41. The van der Waals surface area contributed by atoms with E-state index in [0.29, 0.717) is 29.9 Å². The summed E-state index contributed by atoms with van der Waals surface area (Å²) in [6, 6.07) is 16.0. The molecule has 4 rings (SSSR count). The predicted octanol–water partition coefficient (Wildman–Crippen LogP) is 3.08. The lowest BCUT2D eigenvalue weighted by Crippen LogP contribution is -2.35. The minimum atomic E-state index is -0.867. The van der Waals surface area contributed by atoms with E-state index in [1.807, 2.05) is 42.3 Å². The Morgan fingerprint density at radius 3 is 2.61 bits per heavy atom. The fourth-order valence-corrected chi connectivity index (χ4v) is 4.38. The Kier molecular flexibility index (Phi) is 7.20. The van der Waals surface area contributed by atoms with Crippen molar-refractivity contribution < 1.29 is 14.5 Å². The Balaban J connectivity index is 1.59. The van der Waals surface area contributed by atoms with Gasteiger partial charge in [0.25, 0.3) is 5.69 Å². The molecule has 2 unspecified atom stereocenters. The SMILES string of the molecule is CC1=Nc2nc(N)nc(N)c2C(c2cccc([N+](=O)[O-])c2)C1C(=O)OCCN(C)Cc1ccccc1. The molecule has 0 fully saturated rings. The van der Waals surface area contributed by atoms with E-state index >= 15 is 0 Å². The number of anilines is 2. The van der Waals surface area contributed by atoms with Crippen molar-refractivity contribution in [1.29, 1.82) is 0 Å². The minimum Gasteiger partial charge on any atom is -0.464 e. The van der Waals surface area contributed by atoms with Gasteiger partial charge in [-0.1, -0.05) is 42.5 Å². The molecule has 0 saturated carbocycles. The summed E-state index contributed by atoms with van der Waals surface area (Å²) in [6.07, 6.45) is 0. The molecule has 1 aliphatic heterocycles. The third kappa shape index (κ3) is 5.31. The number of aliphatic imine (C=N–C) groups is 1. The minimum absolute atomic E-state index is 0.0527. The number of likely N-dealkylation sites (N-methyl/N-ethyl adjacent to an activating group) is 1. The van der Waals surface area contributed by atoms with E-state index in [-0.39, 0.29) is 29.9 Å². The zero-order chi connectivity index (χ0) is 25.8. The van der Waals surface area contributed by atoms with Crippen LogP contribution in [0.25, 0.3) is 0 Å². The molecule has 0 aliphatic carbocycles. The third-order valence-corrected chi connectivity index (χ3v) is 6.06. The van der Waals surface area contributed by atoms with Crippen LogP contribution in [0.4, 0.5) is 23.3 Å². The van der Waals surface area contributed by atoms with Crippen LogP contribution < -0.4 is 11.5 Å². The van der Waals surface area contributed by atoms with Crippen molar-refractivity contribution in [3.8, 4) is 0 Å². The molecule has 11 heteroatoms. The molecule has 186 valence electrons. The van der Waals surface area contributed by atoms with Crippen LogP contribution in [0.5, 0.6) is 0 Å². The fraction of sp³-hybridized carbons (Fsp3) is 0.280. The number of nitrogens with zero attached hydrogens (tertiary/aromatic N) is 5. The lowest BCUT2D eigenvalue weighted by molar-refractivity contribution is -0.384. The molecule has 2 heterocycles. The first-order chi connectivity index (χ1) is 17.2. The maximum Gasteiger partial charge on any atom is 0.315 e. The summed E-state index contributed by atoms with van der Waals surface area (Å²) in [4.78, 5) is 39.1. The number of aromatic nitrogens is 2. The number of carbonyl (C=O) groups is 1. The summed E-state index contributed by atoms with van der Waals surface area (Å²) < 4.78 is 5.67. The highest BCUT2D eigenvalue weighted by Crippen LogP contribution is 2.45. The first kappa shape index (κ1) is 24.7. The van der Waals surface area contributed by atoms with Crippen molar-refractivity contribution in [2.75, 3.05) is 31.7 Å². The van der Waals surface area contributed by atoms with Crippen molar-refractivity contribution in [2.24, 2.45) is 10.9 Å². The molecule has 36 heavy (non-hydrogen) atoms. The summed E-state index contributed by atoms with van der Waals surface area (Å²) in [7, 11) is 1.94. The molecule has 1 aliphatic rings. The van der Waals surface area contributed by atoms with Crippen LogP contribution in [0.1, 0.15) is 29.5 Å². The van der Waals surface area contributed by atoms with Crippen molar-refractivity contribution >= 4 is 35.0 Å². The van der Waals surface area contributed by atoms with Crippen LogP contribution >= 0.6 is 0 Å². The van der Waals surface area contributed by atoms with Crippen LogP contribution in [-0.4, -0.2) is 51.7 Å². The van der Waals surface area contributed by atoms with Gasteiger partial charge >= 0.3 is 5.97 Å². The number of nitro groups is 1. The molecule has 2 aromatic carbocycles. The maximum absolute atomic E-state index is 13.4. The van der Waals surface area contributed by atoms with Gasteiger partial charge in [0.05, 0.1) is 4.92 Å². The number of hydrogen-bond acceptors (Lipinski definition) is 10. The summed E-state index contributed by atoms with van der Waals surface area (Å²) in [5.74, 6) is -1.86. The highest BCUT2D eigenvalue weighted by molar-refractivity contribution is 6.05. The summed E-state index contributed by atoms with van der Waals surface area (Å²) >= 11 is 0. The van der Waals surface area contributed by atoms with E-state index in [9.17, 15) is 14.9 Å². The molecule has 0 saturated heterocycles. The van der Waals surface area contributed by atoms with Crippen LogP contribution in [0.3, 0.4) is 0 Å². The monoisotopic (exact) mass is 489 g/mol. The molecule has 11 nitrogen and oxygen atoms in total. The second kappa shape index (κ2) is 10.5. The predicted molar refractivity (Wildman–Crippen MR) is 136 cm³/mol. The molecule has 3 aromatic rings. The quantitative estimate of drug-likeness (QED) is 0.275. The summed E-state index contributed by atoms with van der Waals surface area (Å²) in [5, 5.41) is 11.4. The van der Waals surface area contributed by atoms with Gasteiger partial charge in [0.1, 0.15) is 18.3 Å². The second-order valence-corrected chi connectivity index (χ2v) is 8.66. The number of non-ortho nitro benzene ring substituents is 1. The number of ether oxygens (including phenoxy) is 1. The number of esters is 1. The molecule has 4 N–H and O–H groups in total. The van der Waals surface area contributed by atoms with E-state index in [1.54, 1.807) is 19.1 Å². The first-order valence-corrected chi connectivity index (χ1v) is 11.4. The van der Waals surface area contributed by atoms with Gasteiger partial charge in [0, 0.05) is 42.4 Å². The number of nitro benzene ring substituents is 1. The van der Waals surface area contributed by atoms with E-state index in [0.717, 1.165) is 5.56 Å². The summed E-state index contributed by atoms with van der Waals surface area (Å²) in [5.41, 5.74) is 14.3. The second-order valence-electron chi connectivity index (χ2n) is 8.66. The van der Waals surface area contributed by atoms with Crippen LogP contribution in [0.15, 0.2) is 59.6 Å². The van der Waals surface area contributed by atoms with Gasteiger partial charge in [-0.05, 0) is 25.1 Å². The van der Waals surface area contributed by atoms with Crippen molar-refractivity contribution in [3.05, 3.63) is 81.4 Å². The molecule has 0 amide bonds. The lowest BCUT2D eigenvalue weighted by Gasteiger charge is -2.31. The highest BCUT2D eigenvalue weighted by atomic mass is 16.6. The van der Waals surface area contributed by atoms with Gasteiger partial charge in [-0.25, -0.2) is 4.99 Å². The first-order valence-electron chi connectivity index (χ1n) is 11.4. The molecule has 1 aromatic heterocycles. The lowest BCUT2D eigenvalue weighted by atomic mass is 9.76. The van der Waals surface area contributed by atoms with Crippen molar-refractivity contribution in [1.82, 2.24) is 14.9 Å². The van der Waals surface area contributed by atoms with Crippen molar-refractivity contribution in [2.45, 2.75) is 19.4 Å². The van der Waals surface area contributed by atoms with E-state index in [1.165, 1.54) is 12.1 Å². The van der Waals surface area contributed by atoms with Gasteiger partial charge in [0.2, 0.25) is 5.95 Å². The number of carbonyl (C=O) groups excluding carboxylic acids is 1. The van der Waals surface area contributed by atoms with Crippen molar-refractivity contribution in [3.63, 3.8) is 0 Å². The van der Waals surface area contributed by atoms with Crippen LogP contribution in [0.2, 0.25) is 0 Å². The van der Waals surface area contributed by atoms with Crippen LogP contribution in [0, 0.1) is 16.0 Å². The number of nitrogen functional groups attached to an aromatic ring is 2. The maximum atomic E-state index is 13.4. The zero-order valence-electron chi connectivity index (χ0n) is 20.0. The number of fused-ring (bicyclic) bond motifs is 1. The standard InChI is InChI=1S/C25H27N7O4/c1-15-19(24(33)36-12-11-31(2)14-16-7-4-3-5-8-16)20(17-9-6-10-18(13-17)32(34)35)21-22(26)29-25(27)30-23(21)28-15/h3-10,13,19-20H,11-12,14H2,1-2H3,(H4,26,27,29,30). The van der Waals surface area contributed by atoms with E-state index in [4.69, 9.17) is 16.2 Å². The number of hydrogen-bond donors (Lipinski definition) is 2. The van der Waals surface area contributed by atoms with Gasteiger partial charge in [-0.3, -0.25) is 19.8 Å². The van der Waals surface area contributed by atoms with Gasteiger partial charge in [-0.2, -0.15) is 9.97 Å². The zero-order valence-corrected chi connectivity index (χ0v) is 20.0. The summed E-state index contributed by atoms with van der Waals surface area (Å²) in [6.45, 7) is 3.08. The molecule has 0 bridgehead atoms. The van der Waals surface area contributed by atoms with Gasteiger partial charge < -0.3 is 16.2 Å². The molecule has 2 atom stereocenters. The van der Waals surface area contributed by atoms with E-state index < -0.39 is 22.7 Å². The van der Waals surface area contributed by atoms with E-state index in [2.05, 4.69) is 15.0 Å². The molecular weight excluding hydrogens is 462 g/mol. The average Bonchev–Trinajstić information content (AvgIpc) is 2.83. The Morgan fingerprint density at radius 1 is 1.14 bits per heavy atom. The Hall–Kier alpha value is -4.38. The largest absolute Gasteiger partial charge is 0.464 e. The molecular formula is C25H27N7O4.